The molecular weight excluding hydrogens is 669 g/mol. The smallest absolute Gasteiger partial charge is 0.164 e. The van der Waals surface area contributed by atoms with Crippen molar-refractivity contribution in [3.05, 3.63) is 206 Å². The first-order chi connectivity index (χ1) is 28.9. The molecule has 0 radical (unpaired) electrons. The lowest BCUT2D eigenvalue weighted by Gasteiger charge is -2.14. The second-order valence-electron chi connectivity index (χ2n) is 13.4. The summed E-state index contributed by atoms with van der Waals surface area (Å²) in [5, 5.41) is 1.25. The van der Waals surface area contributed by atoms with Crippen LogP contribution in [0.4, 0.5) is 0 Å². The number of hydrogen-bond donors (Lipinski definition) is 0. The Morgan fingerprint density at radius 3 is 1.44 bits per heavy atom. The fourth-order valence-corrected chi connectivity index (χ4v) is 7.30. The van der Waals surface area contributed by atoms with Gasteiger partial charge in [0.05, 0.1) is 16.5 Å². The summed E-state index contributed by atoms with van der Waals surface area (Å²) in [6.07, 6.45) is 0. The molecule has 0 aliphatic rings. The average molecular weight is 707 g/mol. The molecule has 0 N–H and O–H groups in total. The van der Waals surface area contributed by atoms with Crippen LogP contribution in [0.3, 0.4) is 0 Å². The highest BCUT2D eigenvalue weighted by Gasteiger charge is 2.17. The van der Waals surface area contributed by atoms with Crippen LogP contribution >= 0.6 is 0 Å². The van der Waals surface area contributed by atoms with Crippen LogP contribution < -0.4 is 0 Å². The van der Waals surface area contributed by atoms with E-state index >= 15 is 0 Å². The Balaban J connectivity index is 1.10. The summed E-state index contributed by atoms with van der Waals surface area (Å²) in [7, 11) is 0. The summed E-state index contributed by atoms with van der Waals surface area (Å²) in [5.41, 5.74) is 10.7. The molecule has 0 aliphatic carbocycles. The molecule has 0 saturated carbocycles. The topological polar surface area (TPSA) is 43.6 Å². The molecule has 0 bridgehead atoms. The molecular formula is C51H34N4. The normalized spacial score (nSPS) is 12.3. The number of para-hydroxylation sites is 2. The lowest BCUT2D eigenvalue weighted by molar-refractivity contribution is 1.07. The van der Waals surface area contributed by atoms with Gasteiger partial charge in [-0.2, -0.15) is 0 Å². The van der Waals surface area contributed by atoms with Crippen molar-refractivity contribution in [1.82, 2.24) is 19.5 Å². The Bertz CT molecular complexity index is 3110. The summed E-state index contributed by atoms with van der Waals surface area (Å²) < 4.78 is 37.5. The van der Waals surface area contributed by atoms with Crippen LogP contribution in [0.25, 0.3) is 95.0 Å². The molecule has 4 heteroatoms. The third-order valence-electron chi connectivity index (χ3n) is 10.0. The molecule has 258 valence electrons. The van der Waals surface area contributed by atoms with Gasteiger partial charge in [0.2, 0.25) is 0 Å². The first kappa shape index (κ1) is 28.1. The minimum absolute atomic E-state index is 0.0581. The van der Waals surface area contributed by atoms with Gasteiger partial charge in [-0.25, -0.2) is 15.0 Å². The molecule has 2 aromatic heterocycles. The number of benzene rings is 8. The molecule has 0 atom stereocenters. The number of rotatable bonds is 7. The van der Waals surface area contributed by atoms with E-state index in [4.69, 9.17) is 19.1 Å². The largest absolute Gasteiger partial charge is 0.309 e. The average Bonchev–Trinajstić information content (AvgIpc) is 3.67. The monoisotopic (exact) mass is 706 g/mol. The van der Waals surface area contributed by atoms with Gasteiger partial charge in [-0.15, -0.1) is 0 Å². The van der Waals surface area contributed by atoms with Crippen molar-refractivity contribution in [2.24, 2.45) is 0 Å². The van der Waals surface area contributed by atoms with E-state index in [1.165, 1.54) is 0 Å². The quantitative estimate of drug-likeness (QED) is 0.166. The zero-order chi connectivity index (χ0) is 40.0. The number of nitrogens with zero attached hydrogens (tertiary/aromatic N) is 4. The van der Waals surface area contributed by atoms with Gasteiger partial charge in [0.15, 0.2) is 17.5 Å². The maximum absolute atomic E-state index is 9.18. The van der Waals surface area contributed by atoms with Gasteiger partial charge in [-0.1, -0.05) is 188 Å². The fraction of sp³-hybridized carbons (Fsp3) is 0. The first-order valence-electron chi connectivity index (χ1n) is 20.2. The van der Waals surface area contributed by atoms with Crippen LogP contribution in [0.5, 0.6) is 0 Å². The molecule has 0 fully saturated rings. The minimum atomic E-state index is -0.267. The van der Waals surface area contributed by atoms with Gasteiger partial charge in [0, 0.05) is 38.7 Å². The Kier molecular flexibility index (Phi) is 7.08. The van der Waals surface area contributed by atoms with E-state index in [0.717, 1.165) is 66.7 Å². The molecule has 55 heavy (non-hydrogen) atoms. The molecule has 0 amide bonds. The summed E-state index contributed by atoms with van der Waals surface area (Å²) in [5.74, 6) is 1.77. The third kappa shape index (κ3) is 6.06. The Hall–Kier alpha value is -7.43. The lowest BCUT2D eigenvalue weighted by atomic mass is 9.98. The van der Waals surface area contributed by atoms with Crippen molar-refractivity contribution in [3.8, 4) is 73.2 Å². The van der Waals surface area contributed by atoms with Crippen LogP contribution in [0.2, 0.25) is 0 Å². The van der Waals surface area contributed by atoms with Gasteiger partial charge in [-0.3, -0.25) is 0 Å². The van der Waals surface area contributed by atoms with Gasteiger partial charge < -0.3 is 4.57 Å². The Morgan fingerprint density at radius 2 is 0.818 bits per heavy atom. The van der Waals surface area contributed by atoms with Crippen LogP contribution in [-0.2, 0) is 0 Å². The highest BCUT2D eigenvalue weighted by Crippen LogP contribution is 2.39. The van der Waals surface area contributed by atoms with Gasteiger partial charge in [0.25, 0.3) is 0 Å². The molecule has 0 spiro atoms. The highest BCUT2D eigenvalue weighted by molar-refractivity contribution is 6.13. The predicted octanol–water partition coefficient (Wildman–Crippen LogP) is 13.0. The molecule has 8 aromatic carbocycles. The Morgan fingerprint density at radius 1 is 0.364 bits per heavy atom. The van der Waals surface area contributed by atoms with Crippen LogP contribution in [0.15, 0.2) is 206 Å². The minimum Gasteiger partial charge on any atom is -0.309 e. The number of hydrogen-bond acceptors (Lipinski definition) is 3. The van der Waals surface area contributed by atoms with Crippen molar-refractivity contribution < 1.29 is 5.48 Å². The van der Waals surface area contributed by atoms with Crippen molar-refractivity contribution >= 4 is 21.8 Å². The zero-order valence-corrected chi connectivity index (χ0v) is 29.6. The van der Waals surface area contributed by atoms with Crippen molar-refractivity contribution in [3.63, 3.8) is 0 Å². The maximum atomic E-state index is 9.18. The second kappa shape index (κ2) is 13.8. The molecule has 0 aliphatic heterocycles. The predicted molar refractivity (Wildman–Crippen MR) is 227 cm³/mol. The fourth-order valence-electron chi connectivity index (χ4n) is 7.30. The van der Waals surface area contributed by atoms with Crippen LogP contribution in [-0.4, -0.2) is 19.5 Å². The maximum Gasteiger partial charge on any atom is 0.164 e. The number of fused-ring (bicyclic) bond motifs is 3. The van der Waals surface area contributed by atoms with Crippen molar-refractivity contribution in [2.75, 3.05) is 0 Å². The zero-order valence-electron chi connectivity index (χ0n) is 33.6. The summed E-state index contributed by atoms with van der Waals surface area (Å²) in [4.78, 5) is 14.6. The lowest BCUT2D eigenvalue weighted by Crippen LogP contribution is -2.00. The van der Waals surface area contributed by atoms with E-state index in [1.807, 2.05) is 120 Å². The van der Waals surface area contributed by atoms with E-state index in [0.29, 0.717) is 28.4 Å². The van der Waals surface area contributed by atoms with Crippen LogP contribution in [0, 0.1) is 0 Å². The summed E-state index contributed by atoms with van der Waals surface area (Å²) in [6.45, 7) is 0. The van der Waals surface area contributed by atoms with Crippen molar-refractivity contribution in [2.45, 2.75) is 0 Å². The standard InChI is InChI=1S/C51H34N4/c1-4-14-35(15-5-1)36-26-30-38(31-27-36)44-23-13-24-46-45-22-10-11-25-47(45)55(48(44)46)43-21-12-20-42(34-43)37-28-32-41(33-29-37)51-53-49(39-16-6-2-7-17-39)52-50(54-51)40-18-8-3-9-19-40/h1-34H/i10D,11D,22D,25D. The summed E-state index contributed by atoms with van der Waals surface area (Å²) >= 11 is 0. The second-order valence-corrected chi connectivity index (χ2v) is 13.4. The molecule has 10 rings (SSSR count). The van der Waals surface area contributed by atoms with E-state index in [2.05, 4.69) is 66.7 Å². The molecule has 4 nitrogen and oxygen atoms in total. The molecule has 0 saturated heterocycles. The van der Waals surface area contributed by atoms with Crippen molar-refractivity contribution in [1.29, 1.82) is 0 Å². The van der Waals surface area contributed by atoms with E-state index in [1.54, 1.807) is 0 Å². The van der Waals surface area contributed by atoms with Gasteiger partial charge >= 0.3 is 0 Å². The molecule has 2 heterocycles. The SMILES string of the molecule is [2H]c1c([2H])c([2H])c2c(c1[2H])c1cccc(-c3ccc(-c4ccccc4)cc3)c1n2-c1cccc(-c2ccc(-c3nc(-c4ccccc4)nc(-c4ccccc4)n3)cc2)c1. The molecule has 10 aromatic rings. The van der Waals surface area contributed by atoms with E-state index in [-0.39, 0.29) is 24.2 Å². The van der Waals surface area contributed by atoms with Gasteiger partial charge in [0.1, 0.15) is 0 Å². The van der Waals surface area contributed by atoms with Crippen LogP contribution in [0.1, 0.15) is 5.48 Å². The van der Waals surface area contributed by atoms with E-state index in [9.17, 15) is 1.37 Å². The van der Waals surface area contributed by atoms with E-state index < -0.39 is 0 Å². The molecule has 0 unspecified atom stereocenters. The third-order valence-corrected chi connectivity index (χ3v) is 10.0. The van der Waals surface area contributed by atoms with Gasteiger partial charge in [-0.05, 0) is 46.0 Å². The first-order valence-corrected chi connectivity index (χ1v) is 18.2. The summed E-state index contributed by atoms with van der Waals surface area (Å²) in [6, 6.07) is 60.1. The Labute approximate surface area is 325 Å². The number of aromatic nitrogens is 4. The highest BCUT2D eigenvalue weighted by atomic mass is 15.0.